The van der Waals surface area contributed by atoms with Crippen LogP contribution in [0.15, 0.2) is 15.4 Å². The lowest BCUT2D eigenvalue weighted by atomic mass is 10.1. The zero-order valence-electron chi connectivity index (χ0n) is 12.5. The normalized spacial score (nSPS) is 11.9. The molecule has 8 heteroatoms. The van der Waals surface area contributed by atoms with Gasteiger partial charge in [0.1, 0.15) is 10.7 Å². The summed E-state index contributed by atoms with van der Waals surface area (Å²) in [5.74, 6) is 0.0808. The molecule has 1 aromatic heterocycles. The Morgan fingerprint density at radius 2 is 2.10 bits per heavy atom. The lowest BCUT2D eigenvalue weighted by Crippen LogP contribution is -2.27. The molecule has 3 N–H and O–H groups in total. The highest BCUT2D eigenvalue weighted by Gasteiger charge is 2.20. The fourth-order valence-corrected chi connectivity index (χ4v) is 2.32. The van der Waals surface area contributed by atoms with Crippen LogP contribution in [-0.2, 0) is 14.8 Å². The van der Waals surface area contributed by atoms with E-state index in [0.717, 1.165) is 12.5 Å². The largest absolute Gasteiger partial charge is 0.455 e. The Hall–Kier alpha value is -1.38. The number of hydrogen-bond acceptors (Lipinski definition) is 5. The van der Waals surface area contributed by atoms with Gasteiger partial charge in [-0.05, 0) is 19.3 Å². The van der Waals surface area contributed by atoms with E-state index in [2.05, 4.69) is 19.2 Å². The third-order valence-electron chi connectivity index (χ3n) is 2.77. The molecule has 1 aromatic rings. The molecule has 0 aliphatic rings. The van der Waals surface area contributed by atoms with Crippen molar-refractivity contribution >= 4 is 15.9 Å². The summed E-state index contributed by atoms with van der Waals surface area (Å²) < 4.78 is 32.9. The summed E-state index contributed by atoms with van der Waals surface area (Å²) in [4.78, 5) is 11.6. The zero-order chi connectivity index (χ0) is 16.0. The van der Waals surface area contributed by atoms with E-state index in [4.69, 9.17) is 14.3 Å². The van der Waals surface area contributed by atoms with Crippen molar-refractivity contribution in [2.24, 2.45) is 11.1 Å². The number of aryl methyl sites for hydroxylation is 1. The van der Waals surface area contributed by atoms with Gasteiger partial charge in [0.2, 0.25) is 10.0 Å². The Morgan fingerprint density at radius 3 is 2.62 bits per heavy atom. The minimum Gasteiger partial charge on any atom is -0.455 e. The molecule has 0 aliphatic heterocycles. The molecule has 21 heavy (non-hydrogen) atoms. The van der Waals surface area contributed by atoms with E-state index in [1.165, 1.54) is 6.92 Å². The van der Waals surface area contributed by atoms with Crippen LogP contribution < -0.4 is 10.5 Å². The number of rotatable bonds is 8. The monoisotopic (exact) mass is 318 g/mol. The second-order valence-electron chi connectivity index (χ2n) is 5.13. The van der Waals surface area contributed by atoms with Crippen LogP contribution in [0.5, 0.6) is 0 Å². The molecule has 0 bridgehead atoms. The van der Waals surface area contributed by atoms with Gasteiger partial charge in [0.15, 0.2) is 5.76 Å². The molecule has 0 aromatic carbocycles. The number of nitrogens with two attached hydrogens (primary N) is 1. The summed E-state index contributed by atoms with van der Waals surface area (Å²) in [7, 11) is -3.89. The predicted octanol–water partition coefficient (Wildman–Crippen LogP) is 1.03. The van der Waals surface area contributed by atoms with E-state index >= 15 is 0 Å². The fourth-order valence-electron chi connectivity index (χ4n) is 1.60. The number of furan rings is 1. The van der Waals surface area contributed by atoms with Gasteiger partial charge in [-0.2, -0.15) is 0 Å². The molecule has 1 heterocycles. The highest BCUT2D eigenvalue weighted by molar-refractivity contribution is 7.89. The molecule has 120 valence electrons. The van der Waals surface area contributed by atoms with Crippen molar-refractivity contribution in [3.8, 4) is 0 Å². The summed E-state index contributed by atoms with van der Waals surface area (Å²) in [6.45, 7) is 7.00. The van der Waals surface area contributed by atoms with E-state index in [1.54, 1.807) is 0 Å². The van der Waals surface area contributed by atoms with Crippen molar-refractivity contribution in [3.63, 3.8) is 0 Å². The van der Waals surface area contributed by atoms with Gasteiger partial charge < -0.3 is 14.5 Å². The van der Waals surface area contributed by atoms with E-state index in [9.17, 15) is 13.2 Å². The summed E-state index contributed by atoms with van der Waals surface area (Å²) in [5, 5.41) is 7.60. The number of primary sulfonamides is 1. The van der Waals surface area contributed by atoms with E-state index in [1.807, 2.05) is 0 Å². The molecule has 0 saturated heterocycles. The summed E-state index contributed by atoms with van der Waals surface area (Å²) in [6, 6.07) is 1.12. The lowest BCUT2D eigenvalue weighted by molar-refractivity contribution is 0.0879. The summed E-state index contributed by atoms with van der Waals surface area (Å²) in [6.07, 6.45) is 0.961. The quantitative estimate of drug-likeness (QED) is 0.695. The van der Waals surface area contributed by atoms with Gasteiger partial charge in [-0.25, -0.2) is 13.6 Å². The van der Waals surface area contributed by atoms with Gasteiger partial charge in [0, 0.05) is 19.2 Å². The second kappa shape index (κ2) is 7.58. The molecule has 0 radical (unpaired) electrons. The minimum atomic E-state index is -3.89. The molecular formula is C13H22N2O5S. The van der Waals surface area contributed by atoms with E-state index in [0.29, 0.717) is 25.7 Å². The van der Waals surface area contributed by atoms with Crippen molar-refractivity contribution < 1.29 is 22.4 Å². The molecule has 1 rings (SSSR count). The molecule has 0 atom stereocenters. The van der Waals surface area contributed by atoms with Crippen LogP contribution in [0.2, 0.25) is 0 Å². The first-order chi connectivity index (χ1) is 9.71. The molecule has 0 saturated carbocycles. The van der Waals surface area contributed by atoms with Crippen molar-refractivity contribution in [2.75, 3.05) is 19.8 Å². The number of ether oxygens (including phenoxy) is 1. The van der Waals surface area contributed by atoms with Crippen LogP contribution >= 0.6 is 0 Å². The first-order valence-electron chi connectivity index (χ1n) is 6.71. The van der Waals surface area contributed by atoms with Crippen LogP contribution in [0.4, 0.5) is 0 Å². The number of amides is 1. The van der Waals surface area contributed by atoms with Crippen molar-refractivity contribution in [1.82, 2.24) is 5.32 Å². The molecule has 7 nitrogen and oxygen atoms in total. The number of carbonyl (C=O) groups is 1. The number of sulfonamides is 1. The molecular weight excluding hydrogens is 296 g/mol. The average Bonchev–Trinajstić information content (AvgIpc) is 2.75. The molecule has 0 unspecified atom stereocenters. The molecule has 1 amide bonds. The Balaban J connectivity index is 2.43. The Labute approximate surface area is 124 Å². The lowest BCUT2D eigenvalue weighted by Gasteiger charge is -2.06. The van der Waals surface area contributed by atoms with Gasteiger partial charge in [-0.1, -0.05) is 13.8 Å². The third-order valence-corrected chi connectivity index (χ3v) is 3.79. The number of nitrogens with one attached hydrogen (secondary N) is 1. The topological polar surface area (TPSA) is 112 Å². The Bertz CT molecular complexity index is 577. The van der Waals surface area contributed by atoms with Crippen molar-refractivity contribution in [1.29, 1.82) is 0 Å². The first kappa shape index (κ1) is 17.7. The maximum absolute atomic E-state index is 11.8. The standard InChI is InChI=1S/C13H22N2O5S/c1-9(2)4-6-19-7-5-15-13(16)11-8-12(10(3)20-11)21(14,17)18/h8-9H,4-7H2,1-3H3,(H,15,16)(H2,14,17,18). The highest BCUT2D eigenvalue weighted by atomic mass is 32.2. The Morgan fingerprint density at radius 1 is 1.43 bits per heavy atom. The smallest absolute Gasteiger partial charge is 0.287 e. The maximum Gasteiger partial charge on any atom is 0.287 e. The highest BCUT2D eigenvalue weighted by Crippen LogP contribution is 2.18. The third kappa shape index (κ3) is 5.86. The van der Waals surface area contributed by atoms with Crippen LogP contribution in [0.1, 0.15) is 36.6 Å². The second-order valence-corrected chi connectivity index (χ2v) is 6.66. The fraction of sp³-hybridized carbons (Fsp3) is 0.615. The van der Waals surface area contributed by atoms with Crippen LogP contribution in [-0.4, -0.2) is 34.1 Å². The number of hydrogen-bond donors (Lipinski definition) is 2. The van der Waals surface area contributed by atoms with Crippen molar-refractivity contribution in [3.05, 3.63) is 17.6 Å². The van der Waals surface area contributed by atoms with Crippen LogP contribution in [0.3, 0.4) is 0 Å². The first-order valence-corrected chi connectivity index (χ1v) is 8.25. The molecule has 0 aliphatic carbocycles. The summed E-state index contributed by atoms with van der Waals surface area (Å²) >= 11 is 0. The average molecular weight is 318 g/mol. The van der Waals surface area contributed by atoms with Crippen LogP contribution in [0.25, 0.3) is 0 Å². The predicted molar refractivity (Wildman–Crippen MR) is 77.4 cm³/mol. The zero-order valence-corrected chi connectivity index (χ0v) is 13.3. The van der Waals surface area contributed by atoms with Gasteiger partial charge in [0.05, 0.1) is 6.61 Å². The van der Waals surface area contributed by atoms with Crippen LogP contribution in [0, 0.1) is 12.8 Å². The van der Waals surface area contributed by atoms with Crippen molar-refractivity contribution in [2.45, 2.75) is 32.1 Å². The molecule has 0 spiro atoms. The SMILES string of the molecule is Cc1oc(C(=O)NCCOCCC(C)C)cc1S(N)(=O)=O. The summed E-state index contributed by atoms with van der Waals surface area (Å²) in [5.41, 5.74) is 0. The van der Waals surface area contributed by atoms with E-state index in [-0.39, 0.29) is 16.4 Å². The Kier molecular flexibility index (Phi) is 6.38. The van der Waals surface area contributed by atoms with Gasteiger partial charge in [-0.3, -0.25) is 4.79 Å². The van der Waals surface area contributed by atoms with E-state index < -0.39 is 15.9 Å². The van der Waals surface area contributed by atoms with Gasteiger partial charge >= 0.3 is 0 Å². The minimum absolute atomic E-state index is 0.0845. The molecule has 0 fully saturated rings. The maximum atomic E-state index is 11.8. The van der Waals surface area contributed by atoms with Gasteiger partial charge in [0.25, 0.3) is 5.91 Å². The van der Waals surface area contributed by atoms with Gasteiger partial charge in [-0.15, -0.1) is 0 Å². The number of carbonyl (C=O) groups excluding carboxylic acids is 1.